The van der Waals surface area contributed by atoms with Gasteiger partial charge in [-0.3, -0.25) is 0 Å². The zero-order valence-electron chi connectivity index (χ0n) is 38.9. The van der Waals surface area contributed by atoms with E-state index in [9.17, 15) is 0 Å². The van der Waals surface area contributed by atoms with E-state index in [4.69, 9.17) is 18.5 Å². The lowest BCUT2D eigenvalue weighted by molar-refractivity contribution is -0.152. The standard InChI is InChI=1S/C63H55O4P/c1-43(45-19-7-5-8-20-45)59(44(2)46-21-9-6-10-22-46)68-66-62(55-35-31-47-23-11-15-27-51(47)39-55,56-36-32-48-24-12-16-28-52(48)40-56)60(64-3)61(65-4)63(67-68,57-37-33-49-25-13-17-29-53(49)41-57)58-38-34-50-26-14-18-30-54(50)42-58/h5-44,59-61H,1-4H3/t43-,44-,60-,61-/m0/s1. The first-order valence-corrected chi connectivity index (χ1v) is 25.0. The van der Waals surface area contributed by atoms with E-state index in [1.807, 2.05) is 14.2 Å². The molecule has 11 rings (SSSR count). The number of hydrogen-bond donors (Lipinski definition) is 0. The van der Waals surface area contributed by atoms with Gasteiger partial charge >= 0.3 is 0 Å². The van der Waals surface area contributed by atoms with Crippen molar-refractivity contribution >= 4 is 51.5 Å². The van der Waals surface area contributed by atoms with Gasteiger partial charge in [-0.2, -0.15) is 0 Å². The van der Waals surface area contributed by atoms with Crippen LogP contribution in [0.5, 0.6) is 0 Å². The van der Waals surface area contributed by atoms with Crippen molar-refractivity contribution in [2.45, 2.75) is 54.8 Å². The van der Waals surface area contributed by atoms with E-state index < -0.39 is 31.8 Å². The Morgan fingerprint density at radius 3 is 0.897 bits per heavy atom. The van der Waals surface area contributed by atoms with Crippen molar-refractivity contribution in [2.24, 2.45) is 0 Å². The normalized spacial score (nSPS) is 18.2. The topological polar surface area (TPSA) is 36.9 Å². The van der Waals surface area contributed by atoms with E-state index in [2.05, 4.69) is 244 Å². The first kappa shape index (κ1) is 44.0. The molecule has 5 heteroatoms. The van der Waals surface area contributed by atoms with E-state index in [1.165, 1.54) is 11.1 Å². The predicted molar refractivity (Wildman–Crippen MR) is 282 cm³/mol. The van der Waals surface area contributed by atoms with Crippen molar-refractivity contribution in [3.63, 3.8) is 0 Å². The van der Waals surface area contributed by atoms with Crippen LogP contribution >= 0.6 is 8.38 Å². The summed E-state index contributed by atoms with van der Waals surface area (Å²) in [7, 11) is 1.67. The van der Waals surface area contributed by atoms with Gasteiger partial charge in [0.1, 0.15) is 12.2 Å². The molecule has 4 nitrogen and oxygen atoms in total. The van der Waals surface area contributed by atoms with Crippen LogP contribution < -0.4 is 0 Å². The van der Waals surface area contributed by atoms with Gasteiger partial charge in [-0.15, -0.1) is 0 Å². The Labute approximate surface area is 401 Å². The van der Waals surface area contributed by atoms with Crippen molar-refractivity contribution in [1.29, 1.82) is 0 Å². The van der Waals surface area contributed by atoms with E-state index >= 15 is 0 Å². The number of benzene rings is 10. The molecule has 10 aromatic carbocycles. The quantitative estimate of drug-likeness (QED) is 0.121. The fourth-order valence-electron chi connectivity index (χ4n) is 11.1. The Morgan fingerprint density at radius 2 is 0.618 bits per heavy atom. The first-order valence-electron chi connectivity index (χ1n) is 23.7. The average Bonchev–Trinajstić information content (AvgIpc) is 3.54. The maximum Gasteiger partial charge on any atom is 0.177 e. The summed E-state index contributed by atoms with van der Waals surface area (Å²) in [5.74, 6) is -0.0381. The molecule has 0 radical (unpaired) electrons. The molecule has 1 fully saturated rings. The third-order valence-electron chi connectivity index (χ3n) is 14.7. The van der Waals surface area contributed by atoms with E-state index in [1.54, 1.807) is 0 Å². The SMILES string of the molecule is CO[C@H]1[C@H](OC)C(c2ccc3ccccc3c2)(c2ccc3ccccc3c2)OP(C([C@@H](C)c2ccccc2)[C@@H](C)c2ccccc2)OC1(c1ccc2ccccc2c1)c1ccc2ccccc2c1. The van der Waals surface area contributed by atoms with Crippen LogP contribution in [0.4, 0.5) is 0 Å². The molecule has 0 aliphatic carbocycles. The van der Waals surface area contributed by atoms with Crippen LogP contribution in [0.25, 0.3) is 43.1 Å². The van der Waals surface area contributed by atoms with Crippen molar-refractivity contribution in [1.82, 2.24) is 0 Å². The van der Waals surface area contributed by atoms with Crippen molar-refractivity contribution < 1.29 is 18.5 Å². The first-order chi connectivity index (χ1) is 33.4. The minimum atomic E-state index is -1.96. The van der Waals surface area contributed by atoms with Crippen molar-refractivity contribution in [3.05, 3.63) is 264 Å². The summed E-state index contributed by atoms with van der Waals surface area (Å²) in [6.07, 6.45) is -1.56. The Bertz CT molecular complexity index is 2990. The third-order valence-corrected chi connectivity index (χ3v) is 17.0. The lowest BCUT2D eigenvalue weighted by Crippen LogP contribution is -2.56. The number of hydrogen-bond acceptors (Lipinski definition) is 4. The molecule has 336 valence electrons. The highest BCUT2D eigenvalue weighted by atomic mass is 31.2. The minimum Gasteiger partial charge on any atom is -0.375 e. The van der Waals surface area contributed by atoms with Crippen LogP contribution in [0.1, 0.15) is 59.1 Å². The second-order valence-corrected chi connectivity index (χ2v) is 19.9. The largest absolute Gasteiger partial charge is 0.375 e. The number of fused-ring (bicyclic) bond motifs is 4. The molecule has 4 atom stereocenters. The molecular weight excluding hydrogens is 852 g/mol. The monoisotopic (exact) mass is 906 g/mol. The van der Waals surface area contributed by atoms with Crippen LogP contribution in [-0.4, -0.2) is 32.1 Å². The van der Waals surface area contributed by atoms with Gasteiger partial charge in [0, 0.05) is 19.9 Å². The summed E-state index contributed by atoms with van der Waals surface area (Å²) in [5, 5.41) is 8.99. The fraction of sp³-hybridized carbons (Fsp3) is 0.175. The van der Waals surface area contributed by atoms with Crippen LogP contribution in [0.3, 0.4) is 0 Å². The molecule has 1 saturated heterocycles. The summed E-state index contributed by atoms with van der Waals surface area (Å²) in [5.41, 5.74) is 3.52. The summed E-state index contributed by atoms with van der Waals surface area (Å²) < 4.78 is 31.3. The molecule has 0 amide bonds. The maximum atomic E-state index is 8.46. The van der Waals surface area contributed by atoms with Crippen molar-refractivity contribution in [3.8, 4) is 0 Å². The van der Waals surface area contributed by atoms with Gasteiger partial charge in [0.15, 0.2) is 19.6 Å². The summed E-state index contributed by atoms with van der Waals surface area (Å²) in [6, 6.07) is 83.0. The summed E-state index contributed by atoms with van der Waals surface area (Å²) in [6.45, 7) is 4.70. The fourth-order valence-corrected chi connectivity index (χ4v) is 13.7. The zero-order chi connectivity index (χ0) is 46.2. The van der Waals surface area contributed by atoms with Crippen LogP contribution in [0.15, 0.2) is 231 Å². The van der Waals surface area contributed by atoms with Gasteiger partial charge in [-0.1, -0.05) is 220 Å². The Balaban J connectivity index is 1.29. The molecule has 0 N–H and O–H groups in total. The highest BCUT2D eigenvalue weighted by Gasteiger charge is 2.63. The summed E-state index contributed by atoms with van der Waals surface area (Å²) >= 11 is 0. The number of rotatable bonds is 11. The third kappa shape index (κ3) is 7.62. The van der Waals surface area contributed by atoms with E-state index in [-0.39, 0.29) is 17.5 Å². The Kier molecular flexibility index (Phi) is 12.0. The molecule has 0 unspecified atom stereocenters. The molecule has 0 spiro atoms. The predicted octanol–water partition coefficient (Wildman–Crippen LogP) is 15.9. The maximum absolute atomic E-state index is 8.46. The molecule has 1 aliphatic rings. The minimum absolute atomic E-state index is 0.0191. The zero-order valence-corrected chi connectivity index (χ0v) is 39.8. The van der Waals surface area contributed by atoms with Gasteiger partial charge in [0.25, 0.3) is 0 Å². The van der Waals surface area contributed by atoms with Gasteiger partial charge in [-0.25, -0.2) is 0 Å². The molecule has 10 aromatic rings. The highest BCUT2D eigenvalue weighted by Crippen LogP contribution is 2.68. The molecule has 68 heavy (non-hydrogen) atoms. The molecule has 0 saturated carbocycles. The average molecular weight is 907 g/mol. The van der Waals surface area contributed by atoms with Gasteiger partial charge < -0.3 is 18.5 Å². The van der Waals surface area contributed by atoms with Crippen molar-refractivity contribution in [2.75, 3.05) is 14.2 Å². The summed E-state index contributed by atoms with van der Waals surface area (Å²) in [4.78, 5) is 0. The Morgan fingerprint density at radius 1 is 0.353 bits per heavy atom. The molecule has 1 heterocycles. The second-order valence-electron chi connectivity index (χ2n) is 18.4. The Hall–Kier alpha value is -6.49. The lowest BCUT2D eigenvalue weighted by atomic mass is 9.71. The second kappa shape index (κ2) is 18.5. The van der Waals surface area contributed by atoms with E-state index in [0.29, 0.717) is 0 Å². The highest BCUT2D eigenvalue weighted by molar-refractivity contribution is 7.48. The molecule has 1 aliphatic heterocycles. The number of methoxy groups -OCH3 is 2. The van der Waals surface area contributed by atoms with Crippen LogP contribution in [0.2, 0.25) is 0 Å². The van der Waals surface area contributed by atoms with Gasteiger partial charge in [0.2, 0.25) is 0 Å². The van der Waals surface area contributed by atoms with E-state index in [0.717, 1.165) is 65.3 Å². The smallest absolute Gasteiger partial charge is 0.177 e. The number of ether oxygens (including phenoxy) is 2. The van der Waals surface area contributed by atoms with Crippen LogP contribution in [0, 0.1) is 0 Å². The van der Waals surface area contributed by atoms with Crippen LogP contribution in [-0.2, 0) is 29.7 Å². The molecule has 0 aromatic heterocycles. The molecular formula is C63H55O4P. The lowest BCUT2D eigenvalue weighted by Gasteiger charge is -2.45. The van der Waals surface area contributed by atoms with Gasteiger partial charge in [0.05, 0.1) is 0 Å². The molecule has 0 bridgehead atoms. The van der Waals surface area contributed by atoms with Gasteiger partial charge in [-0.05, 0) is 113 Å².